The third kappa shape index (κ3) is 1.56. The second kappa shape index (κ2) is 4.42. The molecule has 3 aromatic carbocycles. The third-order valence-electron chi connectivity index (χ3n) is 5.19. The van der Waals surface area contributed by atoms with Crippen LogP contribution < -0.4 is 0 Å². The fourth-order valence-corrected chi connectivity index (χ4v) is 5.22. The van der Waals surface area contributed by atoms with E-state index < -0.39 is 0 Å². The predicted molar refractivity (Wildman–Crippen MR) is 102 cm³/mol. The molecule has 0 nitrogen and oxygen atoms in total. The molecular weight excluding hydrogens is 308 g/mol. The summed E-state index contributed by atoms with van der Waals surface area (Å²) in [4.78, 5) is 1.26. The Labute approximate surface area is 144 Å². The maximum absolute atomic E-state index is 3.50. The molecule has 0 radical (unpaired) electrons. The monoisotopic (exact) mass is 321 g/mol. The van der Waals surface area contributed by atoms with Crippen LogP contribution in [0.4, 0.5) is 0 Å². The molecule has 4 aromatic rings. The first kappa shape index (κ1) is 12.7. The molecule has 1 aromatic heterocycles. The van der Waals surface area contributed by atoms with Gasteiger partial charge in [0.1, 0.15) is 17.2 Å². The highest BCUT2D eigenvalue weighted by molar-refractivity contribution is 7.20. The molecule has 0 atom stereocenters. The van der Waals surface area contributed by atoms with Crippen molar-refractivity contribution < 1.29 is 0 Å². The van der Waals surface area contributed by atoms with Crippen LogP contribution in [0.25, 0.3) is 38.4 Å². The molecule has 0 unspecified atom stereocenters. The van der Waals surface area contributed by atoms with E-state index in [1.165, 1.54) is 53.9 Å². The number of fused-ring (bicyclic) bond motifs is 8. The normalized spacial score (nSPS) is 13.2. The van der Waals surface area contributed by atoms with E-state index in [0.717, 1.165) is 6.42 Å². The van der Waals surface area contributed by atoms with E-state index in [1.807, 2.05) is 11.3 Å². The fraction of sp³-hybridized carbons (Fsp3) is 0.0435. The maximum Gasteiger partial charge on any atom is 0.201 e. The Kier molecular flexibility index (Phi) is 2.33. The summed E-state index contributed by atoms with van der Waals surface area (Å²) in [5.41, 5.74) is 9.68. The summed E-state index contributed by atoms with van der Waals surface area (Å²) >= 11 is 1.87. The van der Waals surface area contributed by atoms with Crippen LogP contribution in [0, 0.1) is 6.08 Å². The standard InChI is InChI=1S/C23H13S/c1-4-8-18-14(5-1)9-10-21-23(18)20-13-19-16(12-22(20)24-21)11-15-6-2-3-7-17(15)19/h1-9,12-13H,11H2/q+1. The van der Waals surface area contributed by atoms with E-state index in [9.17, 15) is 0 Å². The molecule has 0 bridgehead atoms. The van der Waals surface area contributed by atoms with Gasteiger partial charge in [0.2, 0.25) is 4.88 Å². The Hall–Kier alpha value is -2.73. The van der Waals surface area contributed by atoms with Gasteiger partial charge in [-0.1, -0.05) is 41.7 Å². The van der Waals surface area contributed by atoms with Crippen LogP contribution in [0.2, 0.25) is 0 Å². The summed E-state index contributed by atoms with van der Waals surface area (Å²) in [6, 6.07) is 22.3. The highest BCUT2D eigenvalue weighted by atomic mass is 32.1. The Morgan fingerprint density at radius 1 is 0.792 bits per heavy atom. The molecule has 0 saturated heterocycles. The molecule has 1 heterocycles. The average Bonchev–Trinajstić information content (AvgIpc) is 3.17. The zero-order chi connectivity index (χ0) is 15.7. The lowest BCUT2D eigenvalue weighted by atomic mass is 9.92. The van der Waals surface area contributed by atoms with Gasteiger partial charge < -0.3 is 0 Å². The zero-order valence-corrected chi connectivity index (χ0v) is 13.8. The highest BCUT2D eigenvalue weighted by Gasteiger charge is 2.29. The molecule has 110 valence electrons. The van der Waals surface area contributed by atoms with Gasteiger partial charge in [-0.15, -0.1) is 0 Å². The van der Waals surface area contributed by atoms with Gasteiger partial charge in [-0.3, -0.25) is 0 Å². The molecule has 0 spiro atoms. The van der Waals surface area contributed by atoms with Gasteiger partial charge in [0, 0.05) is 6.07 Å². The lowest BCUT2D eigenvalue weighted by molar-refractivity contribution is 1.27. The zero-order valence-electron chi connectivity index (χ0n) is 13.0. The summed E-state index contributed by atoms with van der Waals surface area (Å²) in [6.07, 6.45) is 6.67. The van der Waals surface area contributed by atoms with Crippen LogP contribution in [0.1, 0.15) is 21.6 Å². The van der Waals surface area contributed by atoms with Gasteiger partial charge in [-0.25, -0.2) is 0 Å². The van der Waals surface area contributed by atoms with Crippen LogP contribution in [-0.4, -0.2) is 0 Å². The number of thiophene rings is 1. The molecule has 0 fully saturated rings. The van der Waals surface area contributed by atoms with Crippen molar-refractivity contribution >= 4 is 27.5 Å². The Morgan fingerprint density at radius 3 is 2.58 bits per heavy atom. The molecule has 6 rings (SSSR count). The molecule has 2 aliphatic carbocycles. The second-order valence-electron chi connectivity index (χ2n) is 6.52. The largest absolute Gasteiger partial charge is 0.201 e. The minimum Gasteiger partial charge on any atom is -0.0963 e. The number of hydrogen-bond acceptors (Lipinski definition) is 1. The summed E-state index contributed by atoms with van der Waals surface area (Å²) in [6.45, 7) is 0. The first-order valence-corrected chi connectivity index (χ1v) is 9.07. The predicted octanol–water partition coefficient (Wildman–Crippen LogP) is 6.32. The SMILES string of the molecule is [C+]1=Cc2ccccc2-c2c1sc1cc3c(cc21)-c1ccccc1C3. The smallest absolute Gasteiger partial charge is 0.0963 e. The number of rotatable bonds is 0. The van der Waals surface area contributed by atoms with Crippen molar-refractivity contribution in [1.29, 1.82) is 0 Å². The van der Waals surface area contributed by atoms with Crippen LogP contribution in [0.15, 0.2) is 60.7 Å². The molecule has 2 aliphatic rings. The number of hydrogen-bond donors (Lipinski definition) is 0. The first-order chi connectivity index (χ1) is 11.9. The molecule has 0 amide bonds. The minimum absolute atomic E-state index is 1.06. The van der Waals surface area contributed by atoms with Crippen LogP contribution in [0.3, 0.4) is 0 Å². The maximum atomic E-state index is 3.50. The Balaban J connectivity index is 1.70. The summed E-state index contributed by atoms with van der Waals surface area (Å²) in [5, 5.41) is 1.37. The van der Waals surface area contributed by atoms with Crippen molar-refractivity contribution in [1.82, 2.24) is 0 Å². The summed E-state index contributed by atoms with van der Waals surface area (Å²) in [7, 11) is 0. The quantitative estimate of drug-likeness (QED) is 0.287. The van der Waals surface area contributed by atoms with Crippen molar-refractivity contribution in [3.8, 4) is 22.3 Å². The van der Waals surface area contributed by atoms with E-state index in [4.69, 9.17) is 0 Å². The lowest BCUT2D eigenvalue weighted by Gasteiger charge is -2.04. The molecule has 0 N–H and O–H groups in total. The van der Waals surface area contributed by atoms with Crippen molar-refractivity contribution in [3.63, 3.8) is 0 Å². The van der Waals surface area contributed by atoms with Crippen LogP contribution in [-0.2, 0) is 6.42 Å². The molecule has 0 saturated carbocycles. The van der Waals surface area contributed by atoms with Gasteiger partial charge >= 0.3 is 0 Å². The van der Waals surface area contributed by atoms with Gasteiger partial charge in [0.25, 0.3) is 0 Å². The first-order valence-electron chi connectivity index (χ1n) is 8.25. The topological polar surface area (TPSA) is 0 Å². The third-order valence-corrected chi connectivity index (χ3v) is 6.27. The van der Waals surface area contributed by atoms with E-state index in [1.54, 1.807) is 0 Å². The minimum atomic E-state index is 1.06. The average molecular weight is 321 g/mol. The summed E-state index contributed by atoms with van der Waals surface area (Å²) in [5.74, 6) is 0. The van der Waals surface area contributed by atoms with Gasteiger partial charge in [-0.05, 0) is 52.9 Å². The second-order valence-corrected chi connectivity index (χ2v) is 7.57. The molecule has 24 heavy (non-hydrogen) atoms. The lowest BCUT2D eigenvalue weighted by Crippen LogP contribution is -1.89. The van der Waals surface area contributed by atoms with Crippen molar-refractivity contribution in [2.24, 2.45) is 0 Å². The highest BCUT2D eigenvalue weighted by Crippen LogP contribution is 2.47. The van der Waals surface area contributed by atoms with Crippen molar-refractivity contribution in [2.45, 2.75) is 6.42 Å². The van der Waals surface area contributed by atoms with Crippen molar-refractivity contribution in [3.05, 3.63) is 88.3 Å². The van der Waals surface area contributed by atoms with Crippen LogP contribution >= 0.6 is 11.3 Å². The molecule has 0 aliphatic heterocycles. The van der Waals surface area contributed by atoms with Gasteiger partial charge in [0.05, 0.1) is 21.7 Å². The summed E-state index contributed by atoms with van der Waals surface area (Å²) < 4.78 is 1.38. The Morgan fingerprint density at radius 2 is 1.62 bits per heavy atom. The van der Waals surface area contributed by atoms with E-state index in [2.05, 4.69) is 72.8 Å². The fourth-order valence-electron chi connectivity index (χ4n) is 4.09. The van der Waals surface area contributed by atoms with E-state index in [0.29, 0.717) is 0 Å². The number of benzene rings is 3. The van der Waals surface area contributed by atoms with E-state index in [-0.39, 0.29) is 0 Å². The Bertz CT molecular complexity index is 1170. The van der Waals surface area contributed by atoms with E-state index >= 15 is 0 Å². The van der Waals surface area contributed by atoms with Crippen molar-refractivity contribution in [2.75, 3.05) is 0 Å². The van der Waals surface area contributed by atoms with Gasteiger partial charge in [-0.2, -0.15) is 0 Å². The van der Waals surface area contributed by atoms with Gasteiger partial charge in [0.15, 0.2) is 0 Å². The molecule has 1 heteroatoms. The molecular formula is C23H13S+. The van der Waals surface area contributed by atoms with Crippen LogP contribution in [0.5, 0.6) is 0 Å².